The summed E-state index contributed by atoms with van der Waals surface area (Å²) in [4.78, 5) is 12.4. The van der Waals surface area contributed by atoms with E-state index >= 15 is 0 Å². The molecule has 0 fully saturated rings. The van der Waals surface area contributed by atoms with Gasteiger partial charge in [0.15, 0.2) is 0 Å². The molecular weight excluding hydrogens is 747 g/mol. The van der Waals surface area contributed by atoms with Crippen LogP contribution in [0.1, 0.15) is 239 Å². The summed E-state index contributed by atoms with van der Waals surface area (Å²) >= 11 is 0. The van der Waals surface area contributed by atoms with E-state index in [1.165, 1.54) is 148 Å². The van der Waals surface area contributed by atoms with Gasteiger partial charge in [0.25, 0.3) is 0 Å². The lowest BCUT2D eigenvalue weighted by molar-refractivity contribution is -0.123. The molecule has 61 heavy (non-hydrogen) atoms. The quantitative estimate of drug-likeness (QED) is 0.0422. The van der Waals surface area contributed by atoms with Crippen molar-refractivity contribution in [3.8, 4) is 0 Å². The van der Waals surface area contributed by atoms with Gasteiger partial charge in [0, 0.05) is 6.42 Å². The first kappa shape index (κ1) is 58.3. The molecule has 1 amide bonds. The molecule has 0 aromatic rings. The van der Waals surface area contributed by atoms with Gasteiger partial charge in [0.2, 0.25) is 5.91 Å². The van der Waals surface area contributed by atoms with Gasteiger partial charge >= 0.3 is 0 Å². The number of carbonyl (C=O) groups excluding carboxylic acids is 1. The van der Waals surface area contributed by atoms with Crippen molar-refractivity contribution in [2.45, 2.75) is 251 Å². The van der Waals surface area contributed by atoms with Crippen LogP contribution in [0.3, 0.4) is 0 Å². The third kappa shape index (κ3) is 48.2. The molecule has 0 saturated heterocycles. The van der Waals surface area contributed by atoms with Crippen molar-refractivity contribution in [1.29, 1.82) is 0 Å². The molecule has 0 aliphatic carbocycles. The van der Waals surface area contributed by atoms with Crippen LogP contribution in [0, 0.1) is 0 Å². The topological polar surface area (TPSA) is 69.6 Å². The predicted molar refractivity (Wildman–Crippen MR) is 271 cm³/mol. The molecule has 2 unspecified atom stereocenters. The maximum atomic E-state index is 12.4. The highest BCUT2D eigenvalue weighted by atomic mass is 16.3. The molecule has 0 aromatic carbocycles. The summed E-state index contributed by atoms with van der Waals surface area (Å²) in [6.07, 6.45) is 76.9. The Bertz CT molecular complexity index is 1140. The summed E-state index contributed by atoms with van der Waals surface area (Å²) in [5.41, 5.74) is 0. The first-order chi connectivity index (χ1) is 30.2. The van der Waals surface area contributed by atoms with E-state index < -0.39 is 12.1 Å². The van der Waals surface area contributed by atoms with Gasteiger partial charge in [0.1, 0.15) is 0 Å². The van der Waals surface area contributed by atoms with E-state index in [1.54, 1.807) is 6.08 Å². The summed E-state index contributed by atoms with van der Waals surface area (Å²) in [6, 6.07) is -0.642. The lowest BCUT2D eigenvalue weighted by atomic mass is 10.0. The second kappa shape index (κ2) is 51.7. The average molecular weight is 846 g/mol. The molecule has 0 heterocycles. The van der Waals surface area contributed by atoms with Gasteiger partial charge in [0.05, 0.1) is 18.8 Å². The zero-order valence-electron chi connectivity index (χ0n) is 40.2. The van der Waals surface area contributed by atoms with E-state index in [0.717, 1.165) is 70.6 Å². The summed E-state index contributed by atoms with van der Waals surface area (Å²) in [5, 5.41) is 23.0. The summed E-state index contributed by atoms with van der Waals surface area (Å²) in [6.45, 7) is 4.17. The molecule has 0 aliphatic rings. The molecule has 4 nitrogen and oxygen atoms in total. The van der Waals surface area contributed by atoms with Crippen molar-refractivity contribution >= 4 is 5.91 Å². The zero-order valence-corrected chi connectivity index (χ0v) is 40.2. The van der Waals surface area contributed by atoms with Gasteiger partial charge in [-0.3, -0.25) is 4.79 Å². The van der Waals surface area contributed by atoms with Gasteiger partial charge in [-0.25, -0.2) is 0 Å². The van der Waals surface area contributed by atoms with Crippen molar-refractivity contribution in [1.82, 2.24) is 5.32 Å². The minimum atomic E-state index is -0.865. The van der Waals surface area contributed by atoms with E-state index in [0.29, 0.717) is 6.42 Å². The standard InChI is InChI=1S/C57H99NO3/c1-3-5-7-9-11-13-15-17-19-20-21-22-23-24-25-26-27-28-29-30-31-32-33-34-35-36-37-38-39-41-43-45-47-49-51-53-57(61)58-55(54-59)56(60)52-50-48-46-44-42-40-18-16-14-12-10-8-6-4-2/h5,7,11,13,17,19,21-22,24-25,27-28,42,44,50,52,55-56,59-60H,3-4,6,8-10,12,14-16,18,20,23,26,29-41,43,45-49,51,53-54H2,1-2H3,(H,58,61)/b7-5-,13-11-,19-17-,22-21-,25-24-,28-27-,44-42+,52-50+. The van der Waals surface area contributed by atoms with Crippen LogP contribution in [0.2, 0.25) is 0 Å². The number of rotatable bonds is 46. The second-order valence-electron chi connectivity index (χ2n) is 17.2. The van der Waals surface area contributed by atoms with Crippen LogP contribution in [0.4, 0.5) is 0 Å². The van der Waals surface area contributed by atoms with Crippen LogP contribution in [0.25, 0.3) is 0 Å². The highest BCUT2D eigenvalue weighted by Gasteiger charge is 2.17. The molecule has 4 heteroatoms. The Morgan fingerprint density at radius 2 is 0.738 bits per heavy atom. The minimum absolute atomic E-state index is 0.0766. The second-order valence-corrected chi connectivity index (χ2v) is 17.2. The van der Waals surface area contributed by atoms with Crippen LogP contribution >= 0.6 is 0 Å². The van der Waals surface area contributed by atoms with Gasteiger partial charge in [-0.2, -0.15) is 0 Å². The number of amides is 1. The van der Waals surface area contributed by atoms with Crippen LogP contribution in [-0.4, -0.2) is 34.9 Å². The Labute approximate surface area is 379 Å². The van der Waals surface area contributed by atoms with Gasteiger partial charge in [-0.15, -0.1) is 0 Å². The lowest BCUT2D eigenvalue weighted by Gasteiger charge is -2.19. The Balaban J connectivity index is 3.53. The van der Waals surface area contributed by atoms with Crippen molar-refractivity contribution in [3.05, 3.63) is 97.2 Å². The van der Waals surface area contributed by atoms with Gasteiger partial charge < -0.3 is 15.5 Å². The smallest absolute Gasteiger partial charge is 0.220 e. The SMILES string of the molecule is CC/C=C\C/C=C\C/C=C\C/C=C\C/C=C\C/C=C\CCCCCCCCCCCCCCCCCCC(=O)NC(CO)C(O)/C=C/CC/C=C/CCCCCCCCCC. The fourth-order valence-electron chi connectivity index (χ4n) is 7.37. The third-order valence-electron chi connectivity index (χ3n) is 11.3. The lowest BCUT2D eigenvalue weighted by Crippen LogP contribution is -2.45. The van der Waals surface area contributed by atoms with Crippen molar-refractivity contribution in [3.63, 3.8) is 0 Å². The highest BCUT2D eigenvalue weighted by Crippen LogP contribution is 2.15. The fraction of sp³-hybridized carbons (Fsp3) is 0.702. The largest absolute Gasteiger partial charge is 0.394 e. The predicted octanol–water partition coefficient (Wildman–Crippen LogP) is 17.0. The number of nitrogens with one attached hydrogen (secondary N) is 1. The fourth-order valence-corrected chi connectivity index (χ4v) is 7.37. The maximum Gasteiger partial charge on any atom is 0.220 e. The number of allylic oxidation sites excluding steroid dienone is 15. The van der Waals surface area contributed by atoms with Crippen LogP contribution < -0.4 is 5.32 Å². The number of hydrogen-bond donors (Lipinski definition) is 3. The Kier molecular flexibility index (Phi) is 49.4. The van der Waals surface area contributed by atoms with E-state index in [1.807, 2.05) is 6.08 Å². The monoisotopic (exact) mass is 846 g/mol. The molecule has 0 aromatic heterocycles. The first-order valence-corrected chi connectivity index (χ1v) is 26.0. The molecule has 0 aliphatic heterocycles. The number of aliphatic hydroxyl groups is 2. The van der Waals surface area contributed by atoms with Crippen LogP contribution in [0.5, 0.6) is 0 Å². The normalized spacial score (nSPS) is 13.7. The maximum absolute atomic E-state index is 12.4. The molecule has 0 rings (SSSR count). The van der Waals surface area contributed by atoms with Gasteiger partial charge in [-0.1, -0.05) is 246 Å². The third-order valence-corrected chi connectivity index (χ3v) is 11.3. The number of carbonyl (C=O) groups is 1. The molecule has 350 valence electrons. The van der Waals surface area contributed by atoms with Crippen LogP contribution in [0.15, 0.2) is 97.2 Å². The molecule has 3 N–H and O–H groups in total. The number of unbranched alkanes of at least 4 members (excludes halogenated alkanes) is 25. The Morgan fingerprint density at radius 3 is 1.15 bits per heavy atom. The molecule has 2 atom stereocenters. The van der Waals surface area contributed by atoms with Crippen molar-refractivity contribution in [2.75, 3.05) is 6.61 Å². The van der Waals surface area contributed by atoms with Crippen LogP contribution in [-0.2, 0) is 4.79 Å². The molecular formula is C57H99NO3. The average Bonchev–Trinajstić information content (AvgIpc) is 3.26. The summed E-state index contributed by atoms with van der Waals surface area (Å²) in [7, 11) is 0. The van der Waals surface area contributed by atoms with Crippen molar-refractivity contribution in [2.24, 2.45) is 0 Å². The number of hydrogen-bond acceptors (Lipinski definition) is 3. The zero-order chi connectivity index (χ0) is 44.2. The summed E-state index contributed by atoms with van der Waals surface area (Å²) in [5.74, 6) is -0.0766. The minimum Gasteiger partial charge on any atom is -0.394 e. The van der Waals surface area contributed by atoms with E-state index in [2.05, 4.69) is 104 Å². The van der Waals surface area contributed by atoms with E-state index in [9.17, 15) is 15.0 Å². The van der Waals surface area contributed by atoms with E-state index in [4.69, 9.17) is 0 Å². The summed E-state index contributed by atoms with van der Waals surface area (Å²) < 4.78 is 0. The Morgan fingerprint density at radius 1 is 0.410 bits per heavy atom. The van der Waals surface area contributed by atoms with E-state index in [-0.39, 0.29) is 12.5 Å². The van der Waals surface area contributed by atoms with Gasteiger partial charge in [-0.05, 0) is 83.5 Å². The number of aliphatic hydroxyl groups excluding tert-OH is 2. The molecule has 0 saturated carbocycles. The molecule has 0 spiro atoms. The molecule has 0 radical (unpaired) electrons. The highest BCUT2D eigenvalue weighted by molar-refractivity contribution is 5.76. The molecule has 0 bridgehead atoms. The Hall–Kier alpha value is -2.69. The first-order valence-electron chi connectivity index (χ1n) is 26.0. The van der Waals surface area contributed by atoms with Crippen molar-refractivity contribution < 1.29 is 15.0 Å².